The third kappa shape index (κ3) is 5.33. The molecule has 5 atom stereocenters. The Labute approximate surface area is 231 Å². The van der Waals surface area contributed by atoms with Crippen molar-refractivity contribution < 1.29 is 23.1 Å². The van der Waals surface area contributed by atoms with Gasteiger partial charge in [-0.2, -0.15) is 4.31 Å². The molecule has 0 spiro atoms. The van der Waals surface area contributed by atoms with Gasteiger partial charge in [-0.1, -0.05) is 6.07 Å². The number of carbonyl (C=O) groups excluding carboxylic acids is 1. The number of aromatic nitrogens is 1. The summed E-state index contributed by atoms with van der Waals surface area (Å²) in [5.41, 5.74) is 0.143. The van der Waals surface area contributed by atoms with Gasteiger partial charge in [-0.05, 0) is 111 Å². The lowest BCUT2D eigenvalue weighted by Gasteiger charge is -2.36. The molecule has 5 unspecified atom stereocenters. The topological polar surface area (TPSA) is 100 Å². The van der Waals surface area contributed by atoms with Gasteiger partial charge in [0.2, 0.25) is 0 Å². The van der Waals surface area contributed by atoms with E-state index in [0.717, 1.165) is 44.9 Å². The molecule has 4 aliphatic rings. The summed E-state index contributed by atoms with van der Waals surface area (Å²) in [6, 6.07) is 12.5. The number of aliphatic hydroxyl groups is 1. The Morgan fingerprint density at radius 3 is 2.56 bits per heavy atom. The zero-order valence-electron chi connectivity index (χ0n) is 22.6. The Balaban J connectivity index is 1.01. The van der Waals surface area contributed by atoms with Crippen molar-refractivity contribution in [2.45, 2.75) is 68.0 Å². The van der Waals surface area contributed by atoms with Crippen molar-refractivity contribution in [3.05, 3.63) is 54.2 Å². The van der Waals surface area contributed by atoms with Crippen LogP contribution in [-0.4, -0.2) is 72.0 Å². The Morgan fingerprint density at radius 2 is 1.85 bits per heavy atom. The van der Waals surface area contributed by atoms with E-state index in [-0.39, 0.29) is 22.9 Å². The first-order valence-corrected chi connectivity index (χ1v) is 15.8. The predicted octanol–water partition coefficient (Wildman–Crippen LogP) is 3.96. The van der Waals surface area contributed by atoms with Gasteiger partial charge in [0, 0.05) is 37.9 Å². The minimum atomic E-state index is -3.56. The zero-order chi connectivity index (χ0) is 27.2. The molecule has 4 fully saturated rings. The number of pyridine rings is 1. The lowest BCUT2D eigenvalue weighted by molar-refractivity contribution is -0.00803. The van der Waals surface area contributed by atoms with Gasteiger partial charge in [0.1, 0.15) is 5.75 Å². The highest BCUT2D eigenvalue weighted by molar-refractivity contribution is 7.89. The fourth-order valence-corrected chi connectivity index (χ4v) is 9.18. The normalized spacial score (nSPS) is 31.1. The molecule has 3 saturated carbocycles. The highest BCUT2D eigenvalue weighted by Crippen LogP contribution is 2.56. The molecule has 6 rings (SSSR count). The summed E-state index contributed by atoms with van der Waals surface area (Å²) in [4.78, 5) is 19.4. The van der Waals surface area contributed by atoms with Crippen molar-refractivity contribution in [3.63, 3.8) is 0 Å². The molecule has 3 aliphatic carbocycles. The summed E-state index contributed by atoms with van der Waals surface area (Å²) in [5.74, 6) is 2.54. The molecule has 39 heavy (non-hydrogen) atoms. The number of sulfonamides is 1. The number of fused-ring (bicyclic) bond motifs is 2. The lowest BCUT2D eigenvalue weighted by atomic mass is 9.77. The summed E-state index contributed by atoms with van der Waals surface area (Å²) in [5, 5.41) is 11.1. The van der Waals surface area contributed by atoms with Crippen LogP contribution in [0.15, 0.2) is 53.7 Å². The van der Waals surface area contributed by atoms with Gasteiger partial charge < -0.3 is 14.7 Å². The van der Waals surface area contributed by atoms with Crippen molar-refractivity contribution >= 4 is 15.9 Å². The molecule has 1 aromatic heterocycles. The quantitative estimate of drug-likeness (QED) is 0.557. The second kappa shape index (κ2) is 10.5. The van der Waals surface area contributed by atoms with E-state index in [1.165, 1.54) is 23.0 Å². The van der Waals surface area contributed by atoms with E-state index in [0.29, 0.717) is 48.8 Å². The predicted molar refractivity (Wildman–Crippen MR) is 147 cm³/mol. The van der Waals surface area contributed by atoms with Crippen molar-refractivity contribution in [3.8, 4) is 5.75 Å². The molecule has 1 aromatic carbocycles. The Kier molecular flexibility index (Phi) is 7.18. The van der Waals surface area contributed by atoms with Gasteiger partial charge >= 0.3 is 0 Å². The Hall–Kier alpha value is -2.49. The number of rotatable bonds is 7. The van der Waals surface area contributed by atoms with Crippen molar-refractivity contribution in [2.24, 2.45) is 23.7 Å². The van der Waals surface area contributed by atoms with Crippen LogP contribution in [0, 0.1) is 23.7 Å². The second-order valence-electron chi connectivity index (χ2n) is 12.3. The molecular formula is C30H39N3O5S. The molecular weight excluding hydrogens is 514 g/mol. The van der Waals surface area contributed by atoms with Crippen LogP contribution in [0.3, 0.4) is 0 Å². The van der Waals surface area contributed by atoms with E-state index < -0.39 is 15.6 Å². The molecule has 1 aliphatic heterocycles. The standard InChI is InChI=1S/C30H39N3O5S/c1-32(27-10-5-22-16-24-18-30(35,17-22)19-26(24)27)29(34)23-6-8-25(9-7-23)38-20-21-11-14-33(15-12-21)39(36,37)28-4-2-3-13-31-28/h2-4,6-9,13,21-22,24,26-27,35H,5,10-12,14-20H2,1H3. The van der Waals surface area contributed by atoms with Crippen LogP contribution in [0.5, 0.6) is 5.75 Å². The maximum absolute atomic E-state index is 13.4. The fraction of sp³-hybridized carbons (Fsp3) is 0.600. The van der Waals surface area contributed by atoms with E-state index in [4.69, 9.17) is 4.74 Å². The number of piperidine rings is 1. The highest BCUT2D eigenvalue weighted by atomic mass is 32.2. The van der Waals surface area contributed by atoms with Crippen LogP contribution in [0.25, 0.3) is 0 Å². The molecule has 2 heterocycles. The fourth-order valence-electron chi connectivity index (χ4n) is 7.78. The molecule has 9 heteroatoms. The maximum Gasteiger partial charge on any atom is 0.260 e. The van der Waals surface area contributed by atoms with Gasteiger partial charge in [0.15, 0.2) is 5.03 Å². The van der Waals surface area contributed by atoms with Crippen LogP contribution in [0.2, 0.25) is 0 Å². The first-order chi connectivity index (χ1) is 18.7. The maximum atomic E-state index is 13.4. The number of hydrogen-bond donors (Lipinski definition) is 1. The average molecular weight is 554 g/mol. The summed E-state index contributed by atoms with van der Waals surface area (Å²) in [6.07, 6.45) is 8.95. The van der Waals surface area contributed by atoms with E-state index in [2.05, 4.69) is 4.98 Å². The molecule has 1 N–H and O–H groups in total. The van der Waals surface area contributed by atoms with Crippen LogP contribution in [0.1, 0.15) is 61.7 Å². The highest BCUT2D eigenvalue weighted by Gasteiger charge is 2.54. The number of carbonyl (C=O) groups is 1. The van der Waals surface area contributed by atoms with Gasteiger partial charge in [0.05, 0.1) is 12.2 Å². The van der Waals surface area contributed by atoms with Crippen LogP contribution >= 0.6 is 0 Å². The third-order valence-corrected chi connectivity index (χ3v) is 11.6. The van der Waals surface area contributed by atoms with Crippen molar-refractivity contribution in [1.82, 2.24) is 14.2 Å². The lowest BCUT2D eigenvalue weighted by Crippen LogP contribution is -2.43. The SMILES string of the molecule is CN(C(=O)c1ccc(OCC2CCN(S(=O)(=O)c3ccccn3)CC2)cc1)C1CCC2CC3CC(O)(C2)CC31. The Bertz CT molecular complexity index is 1280. The van der Waals surface area contributed by atoms with Crippen LogP contribution in [0.4, 0.5) is 0 Å². The summed E-state index contributed by atoms with van der Waals surface area (Å²) in [6.45, 7) is 1.42. The molecule has 1 amide bonds. The van der Waals surface area contributed by atoms with Gasteiger partial charge in [-0.3, -0.25) is 4.79 Å². The van der Waals surface area contributed by atoms with Crippen LogP contribution in [-0.2, 0) is 10.0 Å². The van der Waals surface area contributed by atoms with E-state index in [1.54, 1.807) is 12.1 Å². The second-order valence-corrected chi connectivity index (χ2v) is 14.2. The van der Waals surface area contributed by atoms with Gasteiger partial charge in [0.25, 0.3) is 15.9 Å². The molecule has 3 bridgehead atoms. The van der Waals surface area contributed by atoms with Crippen molar-refractivity contribution in [2.75, 3.05) is 26.7 Å². The zero-order valence-corrected chi connectivity index (χ0v) is 23.4. The molecule has 8 nitrogen and oxygen atoms in total. The number of benzene rings is 1. The summed E-state index contributed by atoms with van der Waals surface area (Å²) in [7, 11) is -1.63. The Morgan fingerprint density at radius 1 is 1.08 bits per heavy atom. The molecule has 210 valence electrons. The molecule has 0 radical (unpaired) electrons. The van der Waals surface area contributed by atoms with Gasteiger partial charge in [-0.15, -0.1) is 0 Å². The number of nitrogens with zero attached hydrogens (tertiary/aromatic N) is 3. The monoisotopic (exact) mass is 553 g/mol. The van der Waals surface area contributed by atoms with Crippen molar-refractivity contribution in [1.29, 1.82) is 0 Å². The first-order valence-electron chi connectivity index (χ1n) is 14.4. The first kappa shape index (κ1) is 26.7. The van der Waals surface area contributed by atoms with E-state index >= 15 is 0 Å². The largest absolute Gasteiger partial charge is 0.493 e. The van der Waals surface area contributed by atoms with Gasteiger partial charge in [-0.25, -0.2) is 13.4 Å². The number of hydrogen-bond acceptors (Lipinski definition) is 6. The third-order valence-electron chi connectivity index (χ3n) is 9.75. The molecule has 2 aromatic rings. The smallest absolute Gasteiger partial charge is 0.260 e. The average Bonchev–Trinajstić information content (AvgIpc) is 3.12. The molecule has 1 saturated heterocycles. The van der Waals surface area contributed by atoms with E-state index in [1.807, 2.05) is 36.2 Å². The summed E-state index contributed by atoms with van der Waals surface area (Å²) >= 11 is 0. The summed E-state index contributed by atoms with van der Waals surface area (Å²) < 4.78 is 33.1. The van der Waals surface area contributed by atoms with E-state index in [9.17, 15) is 18.3 Å². The van der Waals surface area contributed by atoms with Crippen LogP contribution < -0.4 is 4.74 Å². The number of ether oxygens (including phenoxy) is 1. The number of amides is 1. The minimum absolute atomic E-state index is 0.0289. The minimum Gasteiger partial charge on any atom is -0.493 e.